The summed E-state index contributed by atoms with van der Waals surface area (Å²) in [7, 11) is 0. The van der Waals surface area contributed by atoms with Gasteiger partial charge in [-0.05, 0) is 0 Å². The summed E-state index contributed by atoms with van der Waals surface area (Å²) in [6, 6.07) is 0. The Bertz CT molecular complexity index is 192. The van der Waals surface area contributed by atoms with Crippen LogP contribution in [0.2, 0.25) is 6.95 Å². The maximum atomic E-state index is 2.58. The van der Waals surface area contributed by atoms with Gasteiger partial charge in [0, 0.05) is 0 Å². The van der Waals surface area contributed by atoms with Gasteiger partial charge in [-0.25, -0.2) is 0 Å². The molecule has 2 atom stereocenters. The molecule has 0 bridgehead atoms. The average molecular weight is 423 g/mol. The molecule has 136 valence electrons. The topological polar surface area (TPSA) is 0 Å². The van der Waals surface area contributed by atoms with E-state index in [9.17, 15) is 0 Å². The van der Waals surface area contributed by atoms with Crippen molar-refractivity contribution in [2.24, 2.45) is 0 Å². The van der Waals surface area contributed by atoms with Crippen molar-refractivity contribution in [1.82, 2.24) is 0 Å². The second-order valence-corrected chi connectivity index (χ2v) is 17.6. The van der Waals surface area contributed by atoms with Crippen molar-refractivity contribution in [3.8, 4) is 0 Å². The van der Waals surface area contributed by atoms with E-state index in [1.807, 2.05) is 0 Å². The van der Waals surface area contributed by atoms with Gasteiger partial charge in [0.15, 0.2) is 0 Å². The monoisotopic (exact) mass is 424 g/mol. The molecule has 0 spiro atoms. The van der Waals surface area contributed by atoms with Gasteiger partial charge in [0.2, 0.25) is 0 Å². The third-order valence-corrected chi connectivity index (χ3v) is 12.3. The van der Waals surface area contributed by atoms with Gasteiger partial charge in [0.05, 0.1) is 0 Å². The van der Waals surface area contributed by atoms with Crippen molar-refractivity contribution in [1.29, 1.82) is 0 Å². The number of hydrogen-bond donors (Lipinski definition) is 0. The molecule has 0 fully saturated rings. The predicted octanol–water partition coefficient (Wildman–Crippen LogP) is 8.97. The van der Waals surface area contributed by atoms with Crippen LogP contribution in [0.3, 0.4) is 0 Å². The first-order valence-corrected chi connectivity index (χ1v) is 15.9. The second-order valence-electron chi connectivity index (χ2n) is 8.27. The van der Waals surface area contributed by atoms with Crippen molar-refractivity contribution in [3.63, 3.8) is 0 Å². The Morgan fingerprint density at radius 3 is 1.13 bits per heavy atom. The summed E-state index contributed by atoms with van der Waals surface area (Å²) >= 11 is -0.500. The fraction of sp³-hybridized carbons (Fsp3) is 1.00. The Kier molecular flexibility index (Phi) is 20.0. The molecule has 0 amide bonds. The summed E-state index contributed by atoms with van der Waals surface area (Å²) in [5.74, 6) is 0. The van der Waals surface area contributed by atoms with Crippen LogP contribution in [-0.2, 0) is 24.2 Å². The molecular formula is C22H46Cd. The molecule has 23 heavy (non-hydrogen) atoms. The first kappa shape index (κ1) is 23.9. The van der Waals surface area contributed by atoms with Gasteiger partial charge < -0.3 is 0 Å². The molecular weight excluding hydrogens is 377 g/mol. The molecule has 0 heterocycles. The third-order valence-electron chi connectivity index (χ3n) is 5.41. The zero-order valence-electron chi connectivity index (χ0n) is 17.2. The van der Waals surface area contributed by atoms with Crippen LogP contribution in [0.5, 0.6) is 0 Å². The third kappa shape index (κ3) is 19.1. The quantitative estimate of drug-likeness (QED) is 0.153. The van der Waals surface area contributed by atoms with Gasteiger partial charge in [0.1, 0.15) is 0 Å². The van der Waals surface area contributed by atoms with Gasteiger partial charge in [-0.15, -0.1) is 0 Å². The zero-order valence-corrected chi connectivity index (χ0v) is 21.2. The molecule has 0 aromatic carbocycles. The van der Waals surface area contributed by atoms with Crippen LogP contribution in [-0.4, -0.2) is 0 Å². The summed E-state index contributed by atoms with van der Waals surface area (Å²) in [4.78, 5) is 0. The molecule has 0 N–H and O–H groups in total. The first-order chi connectivity index (χ1) is 11.2. The fourth-order valence-corrected chi connectivity index (χ4v) is 10.7. The van der Waals surface area contributed by atoms with Gasteiger partial charge in [-0.1, -0.05) is 0 Å². The molecule has 0 saturated carbocycles. The Labute approximate surface area is 161 Å². The molecule has 0 nitrogen and oxygen atoms in total. The summed E-state index contributed by atoms with van der Waals surface area (Å²) < 4.78 is 2.32. The molecule has 0 radical (unpaired) electrons. The second kappa shape index (κ2) is 19.2. The summed E-state index contributed by atoms with van der Waals surface area (Å²) in [5.41, 5.74) is 0. The SMILES string of the molecule is CCCCCCCCC[CH](C)[Cd][CH](C)CCCCCCCCC. The van der Waals surface area contributed by atoms with Gasteiger partial charge in [0.25, 0.3) is 0 Å². The molecule has 0 aliphatic heterocycles. The molecule has 1 heteroatoms. The minimum atomic E-state index is -0.500. The van der Waals surface area contributed by atoms with Gasteiger partial charge in [-0.3, -0.25) is 0 Å². The number of rotatable bonds is 18. The fourth-order valence-electron chi connectivity index (χ4n) is 3.82. The van der Waals surface area contributed by atoms with E-state index in [2.05, 4.69) is 27.7 Å². The van der Waals surface area contributed by atoms with Crippen LogP contribution in [0.25, 0.3) is 0 Å². The summed E-state index contributed by atoms with van der Waals surface area (Å²) in [6.45, 7) is 9.77. The predicted molar refractivity (Wildman–Crippen MR) is 104 cm³/mol. The summed E-state index contributed by atoms with van der Waals surface area (Å²) in [6.07, 6.45) is 23.7. The van der Waals surface area contributed by atoms with Crippen molar-refractivity contribution in [3.05, 3.63) is 0 Å². The minimum absolute atomic E-state index is 0.500. The maximum absolute atomic E-state index is 2.58. The van der Waals surface area contributed by atoms with E-state index in [0.717, 1.165) is 6.95 Å². The van der Waals surface area contributed by atoms with E-state index in [-0.39, 0.29) is 0 Å². The van der Waals surface area contributed by atoms with E-state index in [1.54, 1.807) is 12.8 Å². The van der Waals surface area contributed by atoms with Crippen LogP contribution < -0.4 is 0 Å². The van der Waals surface area contributed by atoms with Crippen molar-refractivity contribution in [2.45, 2.75) is 137 Å². The molecule has 2 unspecified atom stereocenters. The zero-order chi connectivity index (χ0) is 17.2. The average Bonchev–Trinajstić information content (AvgIpc) is 2.53. The van der Waals surface area contributed by atoms with Crippen molar-refractivity contribution < 1.29 is 24.2 Å². The van der Waals surface area contributed by atoms with E-state index >= 15 is 0 Å². The van der Waals surface area contributed by atoms with Crippen LogP contribution in [0.1, 0.15) is 130 Å². The van der Waals surface area contributed by atoms with Gasteiger partial charge in [-0.2, -0.15) is 0 Å². The Morgan fingerprint density at radius 1 is 0.478 bits per heavy atom. The van der Waals surface area contributed by atoms with Crippen LogP contribution in [0.15, 0.2) is 0 Å². The van der Waals surface area contributed by atoms with Crippen LogP contribution in [0.4, 0.5) is 0 Å². The first-order valence-electron chi connectivity index (χ1n) is 11.2. The molecule has 0 aliphatic carbocycles. The van der Waals surface area contributed by atoms with Gasteiger partial charge >= 0.3 is 162 Å². The Morgan fingerprint density at radius 2 is 0.783 bits per heavy atom. The van der Waals surface area contributed by atoms with Crippen LogP contribution in [0, 0.1) is 0 Å². The molecule has 0 aliphatic rings. The normalized spacial score (nSPS) is 13.7. The van der Waals surface area contributed by atoms with E-state index in [4.69, 9.17) is 0 Å². The Hall–Kier alpha value is 0.922. The van der Waals surface area contributed by atoms with E-state index in [1.165, 1.54) is 89.9 Å². The molecule has 0 aromatic heterocycles. The standard InChI is InChI=1S/2C11H23.Cd/c2*1-3-5-7-9-11-10-8-6-4-2;/h2*3H,4-11H2,1-2H3;. The van der Waals surface area contributed by atoms with Crippen molar-refractivity contribution in [2.75, 3.05) is 0 Å². The van der Waals surface area contributed by atoms with E-state index < -0.39 is 24.2 Å². The number of hydrogen-bond acceptors (Lipinski definition) is 0. The molecule has 0 rings (SSSR count). The number of unbranched alkanes of at least 4 members (excludes halogenated alkanes) is 12. The molecule has 0 aromatic rings. The Balaban J connectivity index is 3.32. The van der Waals surface area contributed by atoms with E-state index in [0.29, 0.717) is 0 Å². The van der Waals surface area contributed by atoms with Crippen LogP contribution >= 0.6 is 0 Å². The van der Waals surface area contributed by atoms with Crippen molar-refractivity contribution >= 4 is 0 Å². The summed E-state index contributed by atoms with van der Waals surface area (Å²) in [5, 5.41) is 0. The molecule has 0 saturated heterocycles.